The number of nitrogens with one attached hydrogen (secondary N) is 2. The molecular weight excluding hydrogens is 363 g/mol. The topological polar surface area (TPSA) is 95.2 Å². The van der Waals surface area contributed by atoms with Crippen LogP contribution in [0.2, 0.25) is 0 Å². The summed E-state index contributed by atoms with van der Waals surface area (Å²) < 4.78 is 13.2. The van der Waals surface area contributed by atoms with E-state index in [1.54, 1.807) is 30.3 Å². The molecule has 1 aliphatic rings. The second-order valence-corrected chi connectivity index (χ2v) is 6.59. The van der Waals surface area contributed by atoms with Crippen LogP contribution in [0.4, 0.5) is 4.39 Å². The van der Waals surface area contributed by atoms with Crippen molar-refractivity contribution in [1.29, 1.82) is 0 Å². The van der Waals surface area contributed by atoms with E-state index in [0.29, 0.717) is 34.4 Å². The molecule has 28 heavy (non-hydrogen) atoms. The summed E-state index contributed by atoms with van der Waals surface area (Å²) >= 11 is 0. The molecule has 0 saturated carbocycles. The third-order valence-electron chi connectivity index (χ3n) is 4.75. The van der Waals surface area contributed by atoms with Crippen LogP contribution in [0.3, 0.4) is 0 Å². The molecule has 1 aromatic heterocycles. The molecule has 0 fully saturated rings. The molecule has 2 heterocycles. The Labute approximate surface area is 159 Å². The van der Waals surface area contributed by atoms with E-state index < -0.39 is 23.8 Å². The van der Waals surface area contributed by atoms with E-state index in [1.165, 1.54) is 19.1 Å². The molecule has 1 unspecified atom stereocenters. The predicted octanol–water partition coefficient (Wildman–Crippen LogP) is 2.05. The smallest absolute Gasteiger partial charge is 0.262 e. The predicted molar refractivity (Wildman–Crippen MR) is 99.2 cm³/mol. The van der Waals surface area contributed by atoms with Crippen LogP contribution in [-0.4, -0.2) is 45.2 Å². The van der Waals surface area contributed by atoms with Crippen LogP contribution in [0, 0.1) is 5.82 Å². The zero-order valence-electron chi connectivity index (χ0n) is 15.0. The number of fused-ring (bicyclic) bond motifs is 2. The van der Waals surface area contributed by atoms with E-state index in [9.17, 15) is 18.8 Å². The highest BCUT2D eigenvalue weighted by molar-refractivity contribution is 6.22. The molecule has 2 N–H and O–H groups in total. The number of hydrogen-bond donors (Lipinski definition) is 2. The number of amides is 3. The summed E-state index contributed by atoms with van der Waals surface area (Å²) in [5.41, 5.74) is 1.84. The number of hydrogen-bond acceptors (Lipinski definition) is 4. The third kappa shape index (κ3) is 3.02. The number of carbonyl (C=O) groups is 3. The maximum atomic E-state index is 13.2. The average molecular weight is 380 g/mol. The van der Waals surface area contributed by atoms with Gasteiger partial charge < -0.3 is 10.3 Å². The molecule has 8 heteroatoms. The molecule has 0 aliphatic carbocycles. The Balaban J connectivity index is 1.38. The minimum absolute atomic E-state index is 0.259. The number of rotatable bonds is 5. The van der Waals surface area contributed by atoms with Crippen LogP contribution >= 0.6 is 0 Å². The molecule has 1 aliphatic heterocycles. The second-order valence-electron chi connectivity index (χ2n) is 6.59. The fourth-order valence-corrected chi connectivity index (χ4v) is 3.28. The zero-order valence-corrected chi connectivity index (χ0v) is 15.0. The summed E-state index contributed by atoms with van der Waals surface area (Å²) in [6.07, 6.45) is 0.400. The largest absolute Gasteiger partial charge is 0.354 e. The van der Waals surface area contributed by atoms with Gasteiger partial charge in [0.25, 0.3) is 11.8 Å². The lowest BCUT2D eigenvalue weighted by Crippen LogP contribution is -2.48. The zero-order chi connectivity index (χ0) is 19.8. The number of benzene rings is 2. The molecule has 4 rings (SSSR count). The lowest BCUT2D eigenvalue weighted by Gasteiger charge is -2.21. The summed E-state index contributed by atoms with van der Waals surface area (Å²) in [5, 5.41) is 2.71. The van der Waals surface area contributed by atoms with Crippen molar-refractivity contribution in [3.05, 3.63) is 65.2 Å². The number of aromatic amines is 1. The van der Waals surface area contributed by atoms with Gasteiger partial charge in [0.1, 0.15) is 17.7 Å². The van der Waals surface area contributed by atoms with E-state index in [-0.39, 0.29) is 12.4 Å². The van der Waals surface area contributed by atoms with Crippen LogP contribution in [0.1, 0.15) is 33.5 Å². The number of halogens is 1. The van der Waals surface area contributed by atoms with Crippen molar-refractivity contribution in [2.45, 2.75) is 19.4 Å². The Morgan fingerprint density at radius 2 is 1.86 bits per heavy atom. The highest BCUT2D eigenvalue weighted by atomic mass is 19.1. The Morgan fingerprint density at radius 1 is 1.18 bits per heavy atom. The number of H-pyrrole nitrogens is 1. The van der Waals surface area contributed by atoms with Gasteiger partial charge in [-0.15, -0.1) is 0 Å². The van der Waals surface area contributed by atoms with Crippen molar-refractivity contribution in [2.24, 2.45) is 0 Å². The molecule has 2 aromatic carbocycles. The van der Waals surface area contributed by atoms with Gasteiger partial charge >= 0.3 is 0 Å². The highest BCUT2D eigenvalue weighted by Crippen LogP contribution is 2.24. The number of imidazole rings is 1. The molecule has 1 atom stereocenters. The first-order valence-corrected chi connectivity index (χ1v) is 8.84. The molecule has 0 spiro atoms. The Kier molecular flexibility index (Phi) is 4.38. The first kappa shape index (κ1) is 17.8. The molecule has 3 amide bonds. The van der Waals surface area contributed by atoms with Crippen molar-refractivity contribution in [2.75, 3.05) is 6.54 Å². The normalized spacial score (nSPS) is 14.4. The Hall–Kier alpha value is -3.55. The van der Waals surface area contributed by atoms with Crippen molar-refractivity contribution < 1.29 is 18.8 Å². The maximum absolute atomic E-state index is 13.2. The second kappa shape index (κ2) is 6.88. The molecule has 7 nitrogen and oxygen atoms in total. The number of carbonyl (C=O) groups excluding carboxylic acids is 3. The monoisotopic (exact) mass is 380 g/mol. The van der Waals surface area contributed by atoms with Crippen LogP contribution in [0.25, 0.3) is 11.0 Å². The summed E-state index contributed by atoms with van der Waals surface area (Å²) in [6.45, 7) is 1.77. The van der Waals surface area contributed by atoms with E-state index >= 15 is 0 Å². The number of nitrogens with zero attached hydrogens (tertiary/aromatic N) is 2. The fourth-order valence-electron chi connectivity index (χ4n) is 3.28. The summed E-state index contributed by atoms with van der Waals surface area (Å²) in [5.74, 6) is -1.12. The van der Waals surface area contributed by atoms with Gasteiger partial charge in [0, 0.05) is 13.0 Å². The van der Waals surface area contributed by atoms with Gasteiger partial charge in [0.05, 0.1) is 22.2 Å². The van der Waals surface area contributed by atoms with Crippen molar-refractivity contribution in [1.82, 2.24) is 20.2 Å². The lowest BCUT2D eigenvalue weighted by molar-refractivity contribution is -0.124. The number of aromatic nitrogens is 2. The fraction of sp³-hybridized carbons (Fsp3) is 0.200. The van der Waals surface area contributed by atoms with Crippen molar-refractivity contribution in [3.63, 3.8) is 0 Å². The van der Waals surface area contributed by atoms with E-state index in [1.807, 2.05) is 0 Å². The van der Waals surface area contributed by atoms with Gasteiger partial charge in [-0.3, -0.25) is 19.3 Å². The van der Waals surface area contributed by atoms with Gasteiger partial charge in [-0.1, -0.05) is 12.1 Å². The van der Waals surface area contributed by atoms with Gasteiger partial charge in [-0.25, -0.2) is 9.37 Å². The molecule has 0 radical (unpaired) electrons. The van der Waals surface area contributed by atoms with Crippen LogP contribution in [0.15, 0.2) is 42.5 Å². The minimum Gasteiger partial charge on any atom is -0.354 e. The highest BCUT2D eigenvalue weighted by Gasteiger charge is 2.40. The van der Waals surface area contributed by atoms with Gasteiger partial charge in [0.15, 0.2) is 0 Å². The molecule has 3 aromatic rings. The summed E-state index contributed by atoms with van der Waals surface area (Å²) in [4.78, 5) is 45.7. The van der Waals surface area contributed by atoms with E-state index in [2.05, 4.69) is 15.3 Å². The standard InChI is InChI=1S/C20H17FN4O3/c1-11(25-19(27)13-4-2-3-5-14(13)20(25)28)18(26)22-9-8-17-23-15-7-6-12(21)10-16(15)24-17/h2-7,10-11H,8-9H2,1H3,(H,22,26)(H,23,24). The van der Waals surface area contributed by atoms with E-state index in [4.69, 9.17) is 0 Å². The van der Waals surface area contributed by atoms with Crippen LogP contribution < -0.4 is 5.32 Å². The van der Waals surface area contributed by atoms with Crippen molar-refractivity contribution in [3.8, 4) is 0 Å². The SMILES string of the molecule is CC(C(=O)NCCc1nc2ccc(F)cc2[nH]1)N1C(=O)c2ccccc2C1=O. The quantitative estimate of drug-likeness (QED) is 0.662. The first-order chi connectivity index (χ1) is 13.5. The first-order valence-electron chi connectivity index (χ1n) is 8.84. The van der Waals surface area contributed by atoms with Gasteiger partial charge in [-0.05, 0) is 37.3 Å². The van der Waals surface area contributed by atoms with Gasteiger partial charge in [-0.2, -0.15) is 0 Å². The molecule has 0 saturated heterocycles. The summed E-state index contributed by atoms with van der Waals surface area (Å²) in [6, 6.07) is 9.84. The third-order valence-corrected chi connectivity index (χ3v) is 4.75. The Morgan fingerprint density at radius 3 is 2.54 bits per heavy atom. The number of imide groups is 1. The molecular formula is C20H17FN4O3. The van der Waals surface area contributed by atoms with Crippen LogP contribution in [0.5, 0.6) is 0 Å². The Bertz CT molecular complexity index is 1070. The average Bonchev–Trinajstić information content (AvgIpc) is 3.19. The van der Waals surface area contributed by atoms with Crippen LogP contribution in [-0.2, 0) is 11.2 Å². The maximum Gasteiger partial charge on any atom is 0.262 e. The minimum atomic E-state index is -0.933. The molecule has 142 valence electrons. The van der Waals surface area contributed by atoms with Gasteiger partial charge in [0.2, 0.25) is 5.91 Å². The summed E-state index contributed by atoms with van der Waals surface area (Å²) in [7, 11) is 0. The van der Waals surface area contributed by atoms with Crippen molar-refractivity contribution >= 4 is 28.8 Å². The van der Waals surface area contributed by atoms with E-state index in [0.717, 1.165) is 4.90 Å². The molecule has 0 bridgehead atoms. The lowest BCUT2D eigenvalue weighted by atomic mass is 10.1.